The van der Waals surface area contributed by atoms with Crippen LogP contribution in [0.2, 0.25) is 0 Å². The van der Waals surface area contributed by atoms with Crippen molar-refractivity contribution in [2.24, 2.45) is 65.1 Å². The Morgan fingerprint density at radius 3 is 1.86 bits per heavy atom. The van der Waals surface area contributed by atoms with Crippen LogP contribution in [0.3, 0.4) is 0 Å². The van der Waals surface area contributed by atoms with Gasteiger partial charge in [-0.2, -0.15) is 0 Å². The van der Waals surface area contributed by atoms with Crippen molar-refractivity contribution in [3.63, 3.8) is 0 Å². The first-order valence-electron chi connectivity index (χ1n) is 13.0. The summed E-state index contributed by atoms with van der Waals surface area (Å²) in [6.45, 7) is 27.5. The van der Waals surface area contributed by atoms with Crippen molar-refractivity contribution in [3.8, 4) is 0 Å². The summed E-state index contributed by atoms with van der Waals surface area (Å²) in [4.78, 5) is 0. The Kier molecular flexibility index (Phi) is 11.2. The molecule has 28 heavy (non-hydrogen) atoms. The SMILES string of the molecule is CCC(C)C(C)C(C(C)C)C(C)CC(C)C(C)C1CC(C)CCCC1C(C)C. The zero-order chi connectivity index (χ0) is 21.6. The first kappa shape index (κ1) is 26.0. The summed E-state index contributed by atoms with van der Waals surface area (Å²) in [6.07, 6.45) is 8.59. The minimum absolute atomic E-state index is 0.794. The highest BCUT2D eigenvalue weighted by Crippen LogP contribution is 2.45. The van der Waals surface area contributed by atoms with Crippen molar-refractivity contribution in [1.29, 1.82) is 0 Å². The van der Waals surface area contributed by atoms with Gasteiger partial charge in [0.1, 0.15) is 0 Å². The highest BCUT2D eigenvalue weighted by Gasteiger charge is 2.36. The van der Waals surface area contributed by atoms with Crippen LogP contribution in [0.4, 0.5) is 0 Å². The maximum Gasteiger partial charge on any atom is -0.0337 e. The smallest absolute Gasteiger partial charge is 0.0337 e. The number of hydrogen-bond acceptors (Lipinski definition) is 0. The van der Waals surface area contributed by atoms with Gasteiger partial charge >= 0.3 is 0 Å². The summed E-state index contributed by atoms with van der Waals surface area (Å²) in [5.74, 6) is 9.52. The molecule has 0 radical (unpaired) electrons. The van der Waals surface area contributed by atoms with E-state index in [-0.39, 0.29) is 0 Å². The van der Waals surface area contributed by atoms with E-state index in [1.807, 2.05) is 0 Å². The largest absolute Gasteiger partial charge is 0.0651 e. The minimum Gasteiger partial charge on any atom is -0.0651 e. The highest BCUT2D eigenvalue weighted by atomic mass is 14.4. The first-order chi connectivity index (χ1) is 13.0. The summed E-state index contributed by atoms with van der Waals surface area (Å²) >= 11 is 0. The fourth-order valence-electron chi connectivity index (χ4n) is 7.02. The van der Waals surface area contributed by atoms with E-state index in [2.05, 4.69) is 76.2 Å². The first-order valence-corrected chi connectivity index (χ1v) is 13.0. The van der Waals surface area contributed by atoms with Crippen LogP contribution >= 0.6 is 0 Å². The molecule has 0 nitrogen and oxygen atoms in total. The topological polar surface area (TPSA) is 0 Å². The lowest BCUT2D eigenvalue weighted by atomic mass is 9.65. The van der Waals surface area contributed by atoms with Gasteiger partial charge in [-0.3, -0.25) is 0 Å². The van der Waals surface area contributed by atoms with Crippen molar-refractivity contribution in [2.45, 2.75) is 115 Å². The molecule has 1 aliphatic carbocycles. The van der Waals surface area contributed by atoms with E-state index in [1.165, 1.54) is 38.5 Å². The highest BCUT2D eigenvalue weighted by molar-refractivity contribution is 4.86. The molecule has 1 rings (SSSR count). The molecule has 0 aliphatic heterocycles. The predicted molar refractivity (Wildman–Crippen MR) is 129 cm³/mol. The van der Waals surface area contributed by atoms with Crippen LogP contribution in [0.5, 0.6) is 0 Å². The van der Waals surface area contributed by atoms with Crippen LogP contribution < -0.4 is 0 Å². The molecule has 168 valence electrons. The molecule has 0 N–H and O–H groups in total. The third kappa shape index (κ3) is 7.05. The number of rotatable bonds is 10. The number of hydrogen-bond donors (Lipinski definition) is 0. The van der Waals surface area contributed by atoms with Gasteiger partial charge < -0.3 is 0 Å². The van der Waals surface area contributed by atoms with Crippen LogP contribution in [-0.4, -0.2) is 0 Å². The molecule has 0 aromatic carbocycles. The molecule has 0 saturated heterocycles. The van der Waals surface area contributed by atoms with E-state index in [1.54, 1.807) is 0 Å². The van der Waals surface area contributed by atoms with E-state index in [0.29, 0.717) is 0 Å². The van der Waals surface area contributed by atoms with E-state index < -0.39 is 0 Å². The fraction of sp³-hybridized carbons (Fsp3) is 1.00. The van der Waals surface area contributed by atoms with Crippen molar-refractivity contribution in [2.75, 3.05) is 0 Å². The van der Waals surface area contributed by atoms with Gasteiger partial charge in [0.25, 0.3) is 0 Å². The summed E-state index contributed by atoms with van der Waals surface area (Å²) in [6, 6.07) is 0. The molecule has 0 bridgehead atoms. The van der Waals surface area contributed by atoms with Crippen LogP contribution in [0, 0.1) is 65.1 Å². The molecule has 0 heterocycles. The average molecular weight is 393 g/mol. The second kappa shape index (κ2) is 12.0. The van der Waals surface area contributed by atoms with Gasteiger partial charge in [0.05, 0.1) is 0 Å². The molecule has 1 fully saturated rings. The third-order valence-electron chi connectivity index (χ3n) is 9.21. The van der Waals surface area contributed by atoms with E-state index >= 15 is 0 Å². The minimum atomic E-state index is 0.794. The van der Waals surface area contributed by atoms with Gasteiger partial charge in [-0.15, -0.1) is 0 Å². The van der Waals surface area contributed by atoms with Gasteiger partial charge in [0.15, 0.2) is 0 Å². The Morgan fingerprint density at radius 2 is 1.36 bits per heavy atom. The lowest BCUT2D eigenvalue weighted by molar-refractivity contribution is 0.0847. The third-order valence-corrected chi connectivity index (χ3v) is 9.21. The van der Waals surface area contributed by atoms with Crippen LogP contribution in [0.1, 0.15) is 115 Å². The summed E-state index contributed by atoms with van der Waals surface area (Å²) in [5.41, 5.74) is 0. The normalized spacial score (nSPS) is 30.5. The molecule has 9 unspecified atom stereocenters. The fourth-order valence-corrected chi connectivity index (χ4v) is 7.02. The molecule has 9 atom stereocenters. The molecular weight excluding hydrogens is 336 g/mol. The zero-order valence-corrected chi connectivity index (χ0v) is 21.6. The average Bonchev–Trinajstić information content (AvgIpc) is 2.81. The molecular formula is C28H56. The molecule has 0 amide bonds. The van der Waals surface area contributed by atoms with E-state index in [0.717, 1.165) is 65.1 Å². The summed E-state index contributed by atoms with van der Waals surface area (Å²) in [5, 5.41) is 0. The maximum absolute atomic E-state index is 2.61. The van der Waals surface area contributed by atoms with Gasteiger partial charge in [-0.25, -0.2) is 0 Å². The summed E-state index contributed by atoms with van der Waals surface area (Å²) in [7, 11) is 0. The Labute approximate surface area is 180 Å². The van der Waals surface area contributed by atoms with Gasteiger partial charge in [-0.1, -0.05) is 95.4 Å². The monoisotopic (exact) mass is 392 g/mol. The van der Waals surface area contributed by atoms with Gasteiger partial charge in [0, 0.05) is 0 Å². The van der Waals surface area contributed by atoms with Crippen LogP contribution in [0.25, 0.3) is 0 Å². The molecule has 0 aromatic rings. The van der Waals surface area contributed by atoms with Crippen LogP contribution in [-0.2, 0) is 0 Å². The Hall–Kier alpha value is 0. The van der Waals surface area contributed by atoms with Crippen molar-refractivity contribution < 1.29 is 0 Å². The lowest BCUT2D eigenvalue weighted by Gasteiger charge is -2.41. The molecule has 0 heteroatoms. The van der Waals surface area contributed by atoms with Gasteiger partial charge in [0.2, 0.25) is 0 Å². The van der Waals surface area contributed by atoms with E-state index in [9.17, 15) is 0 Å². The van der Waals surface area contributed by atoms with Gasteiger partial charge in [-0.05, 0) is 84.4 Å². The van der Waals surface area contributed by atoms with Crippen molar-refractivity contribution >= 4 is 0 Å². The van der Waals surface area contributed by atoms with E-state index in [4.69, 9.17) is 0 Å². The molecule has 1 aliphatic rings. The predicted octanol–water partition coefficient (Wildman–Crippen LogP) is 9.34. The van der Waals surface area contributed by atoms with Crippen molar-refractivity contribution in [3.05, 3.63) is 0 Å². The zero-order valence-electron chi connectivity index (χ0n) is 21.6. The maximum atomic E-state index is 2.61. The Bertz CT molecular complexity index is 408. The molecule has 0 aromatic heterocycles. The standard InChI is InChI=1S/C28H56/c1-12-21(7)25(11)28(19(4)5)23(9)17-22(8)24(10)27-16-20(6)14-13-15-26(27)18(2)3/h18-28H,12-17H2,1-11H3. The molecule has 0 spiro atoms. The Balaban J connectivity index is 2.88. The summed E-state index contributed by atoms with van der Waals surface area (Å²) < 4.78 is 0. The quantitative estimate of drug-likeness (QED) is 0.325. The Morgan fingerprint density at radius 1 is 0.750 bits per heavy atom. The van der Waals surface area contributed by atoms with Crippen molar-refractivity contribution in [1.82, 2.24) is 0 Å². The lowest BCUT2D eigenvalue weighted by Crippen LogP contribution is -2.33. The second-order valence-corrected chi connectivity index (χ2v) is 12.0. The molecule has 1 saturated carbocycles. The van der Waals surface area contributed by atoms with Crippen LogP contribution in [0.15, 0.2) is 0 Å². The second-order valence-electron chi connectivity index (χ2n) is 12.0.